The summed E-state index contributed by atoms with van der Waals surface area (Å²) in [5.41, 5.74) is 2.25. The lowest BCUT2D eigenvalue weighted by Gasteiger charge is -2.18. The molecule has 0 saturated carbocycles. The van der Waals surface area contributed by atoms with Crippen molar-refractivity contribution in [2.75, 3.05) is 13.7 Å². The molecule has 0 aliphatic rings. The van der Waals surface area contributed by atoms with Crippen molar-refractivity contribution >= 4 is 0 Å². The quantitative estimate of drug-likeness (QED) is 0.837. The monoisotopic (exact) mass is 272 g/mol. The largest absolute Gasteiger partial charge is 0.481 e. The van der Waals surface area contributed by atoms with E-state index in [0.29, 0.717) is 5.88 Å². The van der Waals surface area contributed by atoms with E-state index in [1.54, 1.807) is 13.4 Å². The van der Waals surface area contributed by atoms with Gasteiger partial charge in [0.05, 0.1) is 7.11 Å². The zero-order chi connectivity index (χ0) is 14.2. The Hall–Kier alpha value is -2.01. The molecule has 0 saturated heterocycles. The SMILES string of the molecule is CCCNC(Cc1ccc(OC)nc1)c1cncnc1. The minimum Gasteiger partial charge on any atom is -0.481 e. The van der Waals surface area contributed by atoms with Crippen LogP contribution in [0, 0.1) is 0 Å². The van der Waals surface area contributed by atoms with Crippen molar-refractivity contribution in [3.63, 3.8) is 0 Å². The molecule has 0 bridgehead atoms. The van der Waals surface area contributed by atoms with Crippen LogP contribution in [-0.4, -0.2) is 28.6 Å². The number of methoxy groups -OCH3 is 1. The predicted molar refractivity (Wildman–Crippen MR) is 77.6 cm³/mol. The molecule has 0 amide bonds. The van der Waals surface area contributed by atoms with Crippen LogP contribution in [0.5, 0.6) is 5.88 Å². The normalized spacial score (nSPS) is 12.1. The molecule has 0 aliphatic carbocycles. The number of hydrogen-bond acceptors (Lipinski definition) is 5. The van der Waals surface area contributed by atoms with Crippen LogP contribution in [0.15, 0.2) is 37.1 Å². The van der Waals surface area contributed by atoms with Crippen molar-refractivity contribution in [2.24, 2.45) is 0 Å². The number of rotatable bonds is 7. The van der Waals surface area contributed by atoms with E-state index in [0.717, 1.165) is 30.5 Å². The summed E-state index contributed by atoms with van der Waals surface area (Å²) in [6, 6.07) is 4.12. The number of hydrogen-bond donors (Lipinski definition) is 1. The van der Waals surface area contributed by atoms with Crippen molar-refractivity contribution in [3.05, 3.63) is 48.2 Å². The third-order valence-corrected chi connectivity index (χ3v) is 3.07. The molecule has 0 fully saturated rings. The molecule has 20 heavy (non-hydrogen) atoms. The minimum atomic E-state index is 0.200. The molecule has 5 heteroatoms. The summed E-state index contributed by atoms with van der Waals surface area (Å²) in [5, 5.41) is 3.52. The fourth-order valence-corrected chi connectivity index (χ4v) is 2.01. The molecular formula is C15H20N4O. The van der Waals surface area contributed by atoms with Crippen LogP contribution in [0.3, 0.4) is 0 Å². The van der Waals surface area contributed by atoms with Crippen LogP contribution in [0.4, 0.5) is 0 Å². The molecule has 2 aromatic rings. The number of nitrogens with zero attached hydrogens (tertiary/aromatic N) is 3. The minimum absolute atomic E-state index is 0.200. The van der Waals surface area contributed by atoms with Crippen molar-refractivity contribution < 1.29 is 4.74 Å². The van der Waals surface area contributed by atoms with E-state index in [1.165, 1.54) is 0 Å². The van der Waals surface area contributed by atoms with Gasteiger partial charge in [-0.05, 0) is 24.9 Å². The summed E-state index contributed by atoms with van der Waals surface area (Å²) in [6.45, 7) is 3.11. The van der Waals surface area contributed by atoms with Crippen molar-refractivity contribution in [2.45, 2.75) is 25.8 Å². The Kier molecular flexibility index (Phi) is 5.43. The first-order chi connectivity index (χ1) is 9.83. The molecule has 0 aromatic carbocycles. The highest BCUT2D eigenvalue weighted by Crippen LogP contribution is 2.18. The Balaban J connectivity index is 2.10. The van der Waals surface area contributed by atoms with Crippen LogP contribution in [0.25, 0.3) is 0 Å². The third-order valence-electron chi connectivity index (χ3n) is 3.07. The number of nitrogens with one attached hydrogen (secondary N) is 1. The second-order valence-electron chi connectivity index (χ2n) is 4.59. The maximum absolute atomic E-state index is 5.08. The lowest BCUT2D eigenvalue weighted by Crippen LogP contribution is -2.24. The summed E-state index contributed by atoms with van der Waals surface area (Å²) in [6.07, 6.45) is 9.06. The highest BCUT2D eigenvalue weighted by molar-refractivity contribution is 5.21. The van der Waals surface area contributed by atoms with Gasteiger partial charge in [-0.3, -0.25) is 0 Å². The van der Waals surface area contributed by atoms with E-state index in [9.17, 15) is 0 Å². The van der Waals surface area contributed by atoms with Gasteiger partial charge >= 0.3 is 0 Å². The van der Waals surface area contributed by atoms with Gasteiger partial charge < -0.3 is 10.1 Å². The van der Waals surface area contributed by atoms with Crippen molar-refractivity contribution in [3.8, 4) is 5.88 Å². The second-order valence-corrected chi connectivity index (χ2v) is 4.59. The first-order valence-corrected chi connectivity index (χ1v) is 6.80. The van der Waals surface area contributed by atoms with E-state index >= 15 is 0 Å². The Morgan fingerprint density at radius 2 is 2.00 bits per heavy atom. The molecule has 2 rings (SSSR count). The standard InChI is InChI=1S/C15H20N4O/c1-3-6-18-14(13-9-16-11-17-10-13)7-12-4-5-15(20-2)19-8-12/h4-5,8-11,14,18H,3,6-7H2,1-2H3. The summed E-state index contributed by atoms with van der Waals surface area (Å²) >= 11 is 0. The number of ether oxygens (including phenoxy) is 1. The van der Waals surface area contributed by atoms with Gasteiger partial charge in [0, 0.05) is 36.3 Å². The molecule has 0 radical (unpaired) electrons. The highest BCUT2D eigenvalue weighted by atomic mass is 16.5. The van der Waals surface area contributed by atoms with Crippen molar-refractivity contribution in [1.29, 1.82) is 0 Å². The molecule has 1 N–H and O–H groups in total. The highest BCUT2D eigenvalue weighted by Gasteiger charge is 2.12. The van der Waals surface area contributed by atoms with Crippen molar-refractivity contribution in [1.82, 2.24) is 20.3 Å². The van der Waals surface area contributed by atoms with Gasteiger partial charge in [-0.25, -0.2) is 15.0 Å². The molecular weight excluding hydrogens is 252 g/mol. The second kappa shape index (κ2) is 7.55. The maximum atomic E-state index is 5.08. The van der Waals surface area contributed by atoms with E-state index < -0.39 is 0 Å². The molecule has 5 nitrogen and oxygen atoms in total. The van der Waals surface area contributed by atoms with Gasteiger partial charge in [-0.15, -0.1) is 0 Å². The zero-order valence-electron chi connectivity index (χ0n) is 11.9. The fraction of sp³-hybridized carbons (Fsp3) is 0.400. The number of pyridine rings is 1. The topological polar surface area (TPSA) is 59.9 Å². The number of aromatic nitrogens is 3. The molecule has 106 valence electrons. The maximum Gasteiger partial charge on any atom is 0.212 e. The summed E-state index contributed by atoms with van der Waals surface area (Å²) in [7, 11) is 1.62. The van der Waals surface area contributed by atoms with E-state index in [-0.39, 0.29) is 6.04 Å². The van der Waals surface area contributed by atoms with E-state index in [4.69, 9.17) is 4.74 Å². The Morgan fingerprint density at radius 1 is 1.20 bits per heavy atom. The average molecular weight is 272 g/mol. The third kappa shape index (κ3) is 3.99. The Morgan fingerprint density at radius 3 is 2.60 bits per heavy atom. The molecule has 0 spiro atoms. The Bertz CT molecular complexity index is 501. The molecule has 1 unspecified atom stereocenters. The van der Waals surface area contributed by atoms with Crippen LogP contribution >= 0.6 is 0 Å². The van der Waals surface area contributed by atoms with Crippen LogP contribution in [0.2, 0.25) is 0 Å². The van der Waals surface area contributed by atoms with Gasteiger partial charge in [-0.1, -0.05) is 13.0 Å². The lowest BCUT2D eigenvalue weighted by atomic mass is 10.0. The molecule has 2 aromatic heterocycles. The average Bonchev–Trinajstić information content (AvgIpc) is 2.53. The van der Waals surface area contributed by atoms with Gasteiger partial charge in [0.25, 0.3) is 0 Å². The smallest absolute Gasteiger partial charge is 0.212 e. The van der Waals surface area contributed by atoms with Crippen LogP contribution in [-0.2, 0) is 6.42 Å². The van der Waals surface area contributed by atoms with Gasteiger partial charge in [0.2, 0.25) is 5.88 Å². The fourth-order valence-electron chi connectivity index (χ4n) is 2.01. The lowest BCUT2D eigenvalue weighted by molar-refractivity contribution is 0.397. The van der Waals surface area contributed by atoms with Crippen LogP contribution < -0.4 is 10.1 Å². The van der Waals surface area contributed by atoms with E-state index in [1.807, 2.05) is 30.7 Å². The summed E-state index contributed by atoms with van der Waals surface area (Å²) in [5.74, 6) is 0.634. The van der Waals surface area contributed by atoms with Gasteiger partial charge in [-0.2, -0.15) is 0 Å². The molecule has 0 aliphatic heterocycles. The predicted octanol–water partition coefficient (Wildman–Crippen LogP) is 2.16. The first kappa shape index (κ1) is 14.4. The van der Waals surface area contributed by atoms with Gasteiger partial charge in [0.15, 0.2) is 0 Å². The molecule has 2 heterocycles. The van der Waals surface area contributed by atoms with E-state index in [2.05, 4.69) is 27.2 Å². The first-order valence-electron chi connectivity index (χ1n) is 6.80. The van der Waals surface area contributed by atoms with Gasteiger partial charge in [0.1, 0.15) is 6.33 Å². The zero-order valence-corrected chi connectivity index (χ0v) is 11.9. The van der Waals surface area contributed by atoms with Crippen LogP contribution in [0.1, 0.15) is 30.5 Å². The molecule has 1 atom stereocenters. The summed E-state index contributed by atoms with van der Waals surface area (Å²) < 4.78 is 5.08. The summed E-state index contributed by atoms with van der Waals surface area (Å²) in [4.78, 5) is 12.4. The Labute approximate surface area is 119 Å².